The molecular weight excluding hydrogens is 236 g/mol. The summed E-state index contributed by atoms with van der Waals surface area (Å²) in [5.41, 5.74) is 7.16. The van der Waals surface area contributed by atoms with E-state index in [9.17, 15) is 0 Å². The Kier molecular flexibility index (Phi) is 3.74. The van der Waals surface area contributed by atoms with Crippen LogP contribution in [0.25, 0.3) is 0 Å². The summed E-state index contributed by atoms with van der Waals surface area (Å²) in [7, 11) is 0. The van der Waals surface area contributed by atoms with Crippen LogP contribution in [0.3, 0.4) is 0 Å². The molecule has 0 saturated heterocycles. The Labute approximate surface area is 104 Å². The van der Waals surface area contributed by atoms with E-state index in [0.29, 0.717) is 0 Å². The van der Waals surface area contributed by atoms with Gasteiger partial charge in [0.2, 0.25) is 0 Å². The number of thiazole rings is 1. The van der Waals surface area contributed by atoms with Crippen molar-refractivity contribution in [3.63, 3.8) is 0 Å². The van der Waals surface area contributed by atoms with Crippen LogP contribution in [0.15, 0.2) is 17.5 Å². The first-order chi connectivity index (χ1) is 7.69. The molecule has 0 amide bonds. The molecule has 86 valence electrons. The minimum atomic E-state index is 0.0355. The van der Waals surface area contributed by atoms with Crippen molar-refractivity contribution in [1.29, 1.82) is 0 Å². The molecule has 2 aromatic rings. The number of aryl methyl sites for hydroxylation is 2. The summed E-state index contributed by atoms with van der Waals surface area (Å²) >= 11 is 3.52. The molecule has 0 aliphatic heterocycles. The normalized spacial score (nSPS) is 12.9. The van der Waals surface area contributed by atoms with Crippen LogP contribution in [0.4, 0.5) is 0 Å². The van der Waals surface area contributed by atoms with Gasteiger partial charge in [-0.05, 0) is 25.5 Å². The highest BCUT2D eigenvalue weighted by atomic mass is 32.1. The van der Waals surface area contributed by atoms with Gasteiger partial charge in [-0.15, -0.1) is 22.7 Å². The maximum absolute atomic E-state index is 6.14. The molecule has 2 nitrogen and oxygen atoms in total. The summed E-state index contributed by atoms with van der Waals surface area (Å²) in [6.07, 6.45) is 2.00. The first-order valence-electron chi connectivity index (χ1n) is 5.44. The lowest BCUT2D eigenvalue weighted by Crippen LogP contribution is -2.13. The van der Waals surface area contributed by atoms with Crippen LogP contribution in [-0.4, -0.2) is 4.98 Å². The van der Waals surface area contributed by atoms with Gasteiger partial charge >= 0.3 is 0 Å². The fourth-order valence-electron chi connectivity index (χ4n) is 1.59. The maximum Gasteiger partial charge on any atom is 0.0898 e. The van der Waals surface area contributed by atoms with Crippen molar-refractivity contribution in [1.82, 2.24) is 4.98 Å². The zero-order chi connectivity index (χ0) is 11.5. The number of thiophene rings is 1. The summed E-state index contributed by atoms with van der Waals surface area (Å²) in [6, 6.07) is 4.41. The van der Waals surface area contributed by atoms with Gasteiger partial charge in [0.1, 0.15) is 0 Å². The van der Waals surface area contributed by atoms with Gasteiger partial charge in [-0.25, -0.2) is 4.98 Å². The molecule has 4 heteroatoms. The summed E-state index contributed by atoms with van der Waals surface area (Å²) in [4.78, 5) is 7.22. The predicted octanol–water partition coefficient (Wildman–Crippen LogP) is 3.32. The Morgan fingerprint density at radius 1 is 1.38 bits per heavy atom. The Hall–Kier alpha value is -0.710. The van der Waals surface area contributed by atoms with E-state index in [2.05, 4.69) is 29.4 Å². The van der Waals surface area contributed by atoms with Gasteiger partial charge in [-0.3, -0.25) is 0 Å². The van der Waals surface area contributed by atoms with Gasteiger partial charge in [0.05, 0.1) is 16.7 Å². The summed E-state index contributed by atoms with van der Waals surface area (Å²) in [6.45, 7) is 4.19. The molecule has 0 radical (unpaired) electrons. The molecule has 0 fully saturated rings. The summed E-state index contributed by atoms with van der Waals surface area (Å²) in [5.74, 6) is 0. The second kappa shape index (κ2) is 5.08. The SMILES string of the molecule is CCc1ccc(CC(N)c2csc(C)n2)s1. The number of nitrogens with zero attached hydrogens (tertiary/aromatic N) is 1. The van der Waals surface area contributed by atoms with Crippen LogP contribution in [0.2, 0.25) is 0 Å². The minimum Gasteiger partial charge on any atom is -0.322 e. The van der Waals surface area contributed by atoms with E-state index in [1.807, 2.05) is 18.3 Å². The molecule has 0 aliphatic rings. The van der Waals surface area contributed by atoms with Crippen LogP contribution in [0, 0.1) is 6.92 Å². The van der Waals surface area contributed by atoms with Crippen molar-refractivity contribution in [2.24, 2.45) is 5.73 Å². The third-order valence-electron chi connectivity index (χ3n) is 2.50. The number of hydrogen-bond acceptors (Lipinski definition) is 4. The molecule has 0 saturated carbocycles. The number of nitrogens with two attached hydrogens (primary N) is 1. The Bertz CT molecular complexity index is 459. The van der Waals surface area contributed by atoms with Crippen LogP contribution >= 0.6 is 22.7 Å². The lowest BCUT2D eigenvalue weighted by atomic mass is 10.1. The maximum atomic E-state index is 6.14. The molecular formula is C12H16N2S2. The van der Waals surface area contributed by atoms with Crippen LogP contribution in [-0.2, 0) is 12.8 Å². The van der Waals surface area contributed by atoms with Crippen molar-refractivity contribution in [3.8, 4) is 0 Å². The smallest absolute Gasteiger partial charge is 0.0898 e. The van der Waals surface area contributed by atoms with Crippen molar-refractivity contribution >= 4 is 22.7 Å². The number of rotatable bonds is 4. The van der Waals surface area contributed by atoms with E-state index in [4.69, 9.17) is 5.73 Å². The molecule has 0 bridgehead atoms. The van der Waals surface area contributed by atoms with E-state index >= 15 is 0 Å². The summed E-state index contributed by atoms with van der Waals surface area (Å²) < 4.78 is 0. The van der Waals surface area contributed by atoms with E-state index in [1.165, 1.54) is 9.75 Å². The zero-order valence-electron chi connectivity index (χ0n) is 9.56. The predicted molar refractivity (Wildman–Crippen MR) is 71.2 cm³/mol. The average molecular weight is 252 g/mol. The van der Waals surface area contributed by atoms with Gasteiger partial charge in [-0.1, -0.05) is 6.92 Å². The molecule has 0 aromatic carbocycles. The van der Waals surface area contributed by atoms with Crippen LogP contribution in [0.1, 0.15) is 33.4 Å². The molecule has 2 aromatic heterocycles. The molecule has 2 N–H and O–H groups in total. The first kappa shape index (κ1) is 11.8. The van der Waals surface area contributed by atoms with E-state index in [0.717, 1.165) is 23.5 Å². The zero-order valence-corrected chi connectivity index (χ0v) is 11.2. The fourth-order valence-corrected chi connectivity index (χ4v) is 3.29. The standard InChI is InChI=1S/C12H16N2S2/c1-3-9-4-5-10(16-9)6-11(13)12-7-15-8(2)14-12/h4-5,7,11H,3,6,13H2,1-2H3. The molecule has 1 unspecified atom stereocenters. The Balaban J connectivity index is 2.04. The summed E-state index contributed by atoms with van der Waals surface area (Å²) in [5, 5.41) is 3.15. The Morgan fingerprint density at radius 2 is 2.12 bits per heavy atom. The molecule has 16 heavy (non-hydrogen) atoms. The molecule has 2 heterocycles. The third kappa shape index (κ3) is 2.70. The van der Waals surface area contributed by atoms with Gasteiger partial charge < -0.3 is 5.73 Å². The van der Waals surface area contributed by atoms with Crippen LogP contribution in [0.5, 0.6) is 0 Å². The second-order valence-electron chi connectivity index (χ2n) is 3.82. The minimum absolute atomic E-state index is 0.0355. The monoisotopic (exact) mass is 252 g/mol. The molecule has 1 atom stereocenters. The largest absolute Gasteiger partial charge is 0.322 e. The van der Waals surface area contributed by atoms with Gasteiger partial charge in [0, 0.05) is 21.6 Å². The van der Waals surface area contributed by atoms with Crippen molar-refractivity contribution < 1.29 is 0 Å². The van der Waals surface area contributed by atoms with E-state index < -0.39 is 0 Å². The molecule has 2 rings (SSSR count). The molecule has 0 aliphatic carbocycles. The number of hydrogen-bond donors (Lipinski definition) is 1. The fraction of sp³-hybridized carbons (Fsp3) is 0.417. The molecule has 0 spiro atoms. The van der Waals surface area contributed by atoms with Crippen molar-refractivity contribution in [2.45, 2.75) is 32.7 Å². The van der Waals surface area contributed by atoms with E-state index in [1.54, 1.807) is 11.3 Å². The van der Waals surface area contributed by atoms with Gasteiger partial charge in [0.25, 0.3) is 0 Å². The third-order valence-corrected chi connectivity index (χ3v) is 4.55. The van der Waals surface area contributed by atoms with Gasteiger partial charge in [0.15, 0.2) is 0 Å². The van der Waals surface area contributed by atoms with Crippen LogP contribution < -0.4 is 5.73 Å². The highest BCUT2D eigenvalue weighted by molar-refractivity contribution is 7.12. The van der Waals surface area contributed by atoms with E-state index in [-0.39, 0.29) is 6.04 Å². The highest BCUT2D eigenvalue weighted by Gasteiger charge is 2.11. The topological polar surface area (TPSA) is 38.9 Å². The van der Waals surface area contributed by atoms with Gasteiger partial charge in [-0.2, -0.15) is 0 Å². The quantitative estimate of drug-likeness (QED) is 0.906. The first-order valence-corrected chi connectivity index (χ1v) is 7.14. The highest BCUT2D eigenvalue weighted by Crippen LogP contribution is 2.23. The van der Waals surface area contributed by atoms with Crippen molar-refractivity contribution in [2.75, 3.05) is 0 Å². The number of aromatic nitrogens is 1. The Morgan fingerprint density at radius 3 is 2.69 bits per heavy atom. The van der Waals surface area contributed by atoms with Crippen molar-refractivity contribution in [3.05, 3.63) is 38.0 Å². The lowest BCUT2D eigenvalue weighted by Gasteiger charge is -2.06. The second-order valence-corrected chi connectivity index (χ2v) is 6.14. The average Bonchev–Trinajstić information content (AvgIpc) is 2.87. The lowest BCUT2D eigenvalue weighted by molar-refractivity contribution is 0.707.